The van der Waals surface area contributed by atoms with Gasteiger partial charge in [-0.1, -0.05) is 11.8 Å². The molecule has 0 fully saturated rings. The second kappa shape index (κ2) is 5.75. The van der Waals surface area contributed by atoms with Gasteiger partial charge in [-0.25, -0.2) is 13.6 Å². The summed E-state index contributed by atoms with van der Waals surface area (Å²) in [7, 11) is 0. The van der Waals surface area contributed by atoms with Crippen LogP contribution in [-0.2, 0) is 5.75 Å². The summed E-state index contributed by atoms with van der Waals surface area (Å²) in [6.07, 6.45) is 0. The Morgan fingerprint density at radius 3 is 2.68 bits per heavy atom. The number of carboxylic acids is 1. The van der Waals surface area contributed by atoms with Gasteiger partial charge in [0.05, 0.1) is 4.47 Å². The van der Waals surface area contributed by atoms with E-state index in [4.69, 9.17) is 9.52 Å². The molecule has 1 N–H and O–H groups in total. The normalized spacial score (nSPS) is 10.7. The highest BCUT2D eigenvalue weighted by Crippen LogP contribution is 2.29. The van der Waals surface area contributed by atoms with Gasteiger partial charge in [-0.3, -0.25) is 0 Å². The molecule has 1 heterocycles. The van der Waals surface area contributed by atoms with Crippen LogP contribution in [0.1, 0.15) is 16.1 Å². The van der Waals surface area contributed by atoms with Crippen LogP contribution >= 0.6 is 27.7 Å². The number of thioether (sulfide) groups is 1. The van der Waals surface area contributed by atoms with Crippen molar-refractivity contribution in [3.63, 3.8) is 0 Å². The molecule has 0 saturated carbocycles. The molecule has 0 aliphatic rings. The maximum Gasteiger partial charge on any atom is 0.371 e. The van der Waals surface area contributed by atoms with E-state index in [9.17, 15) is 13.6 Å². The zero-order valence-corrected chi connectivity index (χ0v) is 11.7. The zero-order chi connectivity index (χ0) is 14.0. The van der Waals surface area contributed by atoms with E-state index in [1.54, 1.807) is 0 Å². The Morgan fingerprint density at radius 2 is 2.05 bits per heavy atom. The molecule has 0 amide bonds. The van der Waals surface area contributed by atoms with Gasteiger partial charge in [-0.2, -0.15) is 0 Å². The Morgan fingerprint density at radius 1 is 1.32 bits per heavy atom. The topological polar surface area (TPSA) is 50.4 Å². The van der Waals surface area contributed by atoms with E-state index in [2.05, 4.69) is 15.9 Å². The minimum Gasteiger partial charge on any atom is -0.475 e. The Bertz CT molecular complexity index is 627. The summed E-state index contributed by atoms with van der Waals surface area (Å²) in [6.45, 7) is 0. The number of carboxylic acid groups (broad SMARTS) is 1. The molecule has 0 radical (unpaired) electrons. The number of benzene rings is 1. The Labute approximate surface area is 119 Å². The summed E-state index contributed by atoms with van der Waals surface area (Å²) in [5.74, 6) is -2.72. The lowest BCUT2D eigenvalue weighted by atomic mass is 10.2. The monoisotopic (exact) mass is 348 g/mol. The fourth-order valence-electron chi connectivity index (χ4n) is 1.36. The highest BCUT2D eigenvalue weighted by atomic mass is 79.9. The second-order valence-electron chi connectivity index (χ2n) is 3.53. The largest absolute Gasteiger partial charge is 0.475 e. The first kappa shape index (κ1) is 14.1. The molecule has 0 atom stereocenters. The van der Waals surface area contributed by atoms with E-state index < -0.39 is 17.6 Å². The van der Waals surface area contributed by atoms with Crippen molar-refractivity contribution in [1.82, 2.24) is 0 Å². The SMILES string of the molecule is O=C(O)c1ccc(SCc2c(F)ccc(Br)c2F)o1. The maximum absolute atomic E-state index is 13.7. The van der Waals surface area contributed by atoms with Crippen LogP contribution in [0, 0.1) is 11.6 Å². The van der Waals surface area contributed by atoms with Crippen molar-refractivity contribution in [3.8, 4) is 0 Å². The number of rotatable bonds is 4. The number of furan rings is 1. The molecule has 1 aromatic heterocycles. The standard InChI is InChI=1S/C12H7BrF2O3S/c13-7-1-2-8(14)6(11(7)15)5-19-10-4-3-9(18-10)12(16)17/h1-4H,5H2,(H,16,17). The van der Waals surface area contributed by atoms with Crippen molar-refractivity contribution < 1.29 is 23.1 Å². The zero-order valence-electron chi connectivity index (χ0n) is 9.32. The number of halogens is 3. The smallest absolute Gasteiger partial charge is 0.371 e. The van der Waals surface area contributed by atoms with E-state index in [0.717, 1.165) is 17.8 Å². The first-order valence-corrected chi connectivity index (χ1v) is 6.85. The van der Waals surface area contributed by atoms with Gasteiger partial charge in [0.15, 0.2) is 5.09 Å². The molecule has 2 aromatic rings. The molecule has 2 rings (SSSR count). The first-order valence-electron chi connectivity index (χ1n) is 5.07. The van der Waals surface area contributed by atoms with Crippen LogP contribution < -0.4 is 0 Å². The first-order chi connectivity index (χ1) is 8.99. The summed E-state index contributed by atoms with van der Waals surface area (Å²) in [5.41, 5.74) is -0.0901. The van der Waals surface area contributed by atoms with Gasteiger partial charge in [0.25, 0.3) is 0 Å². The summed E-state index contributed by atoms with van der Waals surface area (Å²) in [5, 5.41) is 8.97. The Kier molecular flexibility index (Phi) is 4.26. The molecule has 7 heteroatoms. The average molecular weight is 349 g/mol. The summed E-state index contributed by atoms with van der Waals surface area (Å²) >= 11 is 4.00. The van der Waals surface area contributed by atoms with Crippen LogP contribution in [-0.4, -0.2) is 11.1 Å². The predicted molar refractivity (Wildman–Crippen MR) is 69.3 cm³/mol. The summed E-state index contributed by atoms with van der Waals surface area (Å²) in [6, 6.07) is 5.18. The third-order valence-corrected chi connectivity index (χ3v) is 3.84. The maximum atomic E-state index is 13.7. The van der Waals surface area contributed by atoms with E-state index in [-0.39, 0.29) is 26.6 Å². The van der Waals surface area contributed by atoms with Gasteiger partial charge < -0.3 is 9.52 Å². The van der Waals surface area contributed by atoms with Gasteiger partial charge in [0.2, 0.25) is 5.76 Å². The van der Waals surface area contributed by atoms with Crippen LogP contribution in [0.5, 0.6) is 0 Å². The molecule has 1 aromatic carbocycles. The average Bonchev–Trinajstić information content (AvgIpc) is 2.83. The quantitative estimate of drug-likeness (QED) is 0.660. The van der Waals surface area contributed by atoms with Gasteiger partial charge in [0, 0.05) is 11.3 Å². The summed E-state index contributed by atoms with van der Waals surface area (Å²) < 4.78 is 32.3. The van der Waals surface area contributed by atoms with Crippen molar-refractivity contribution >= 4 is 33.7 Å². The molecule has 0 saturated heterocycles. The van der Waals surface area contributed by atoms with E-state index in [1.807, 2.05) is 0 Å². The van der Waals surface area contributed by atoms with Crippen LogP contribution in [0.4, 0.5) is 8.78 Å². The van der Waals surface area contributed by atoms with E-state index in [1.165, 1.54) is 18.2 Å². The third-order valence-electron chi connectivity index (χ3n) is 2.29. The number of carbonyl (C=O) groups is 1. The van der Waals surface area contributed by atoms with Gasteiger partial charge in [0.1, 0.15) is 11.6 Å². The fourth-order valence-corrected chi connectivity index (χ4v) is 2.59. The molecule has 0 unspecified atom stereocenters. The number of aromatic carboxylic acids is 1. The minimum atomic E-state index is -1.19. The fraction of sp³-hybridized carbons (Fsp3) is 0.0833. The van der Waals surface area contributed by atoms with Gasteiger partial charge >= 0.3 is 5.97 Å². The molecule has 0 spiro atoms. The highest BCUT2D eigenvalue weighted by Gasteiger charge is 2.14. The molecular weight excluding hydrogens is 342 g/mol. The van der Waals surface area contributed by atoms with Crippen molar-refractivity contribution in [2.24, 2.45) is 0 Å². The van der Waals surface area contributed by atoms with Crippen LogP contribution in [0.3, 0.4) is 0 Å². The molecule has 0 aliphatic carbocycles. The lowest BCUT2D eigenvalue weighted by molar-refractivity contribution is 0.0656. The molecular formula is C12H7BrF2O3S. The molecule has 0 bridgehead atoms. The molecule has 100 valence electrons. The van der Waals surface area contributed by atoms with E-state index >= 15 is 0 Å². The van der Waals surface area contributed by atoms with Crippen molar-refractivity contribution in [3.05, 3.63) is 51.7 Å². The number of hydrogen-bond acceptors (Lipinski definition) is 3. The summed E-state index contributed by atoms with van der Waals surface area (Å²) in [4.78, 5) is 10.6. The Hall–Kier alpha value is -1.34. The van der Waals surface area contributed by atoms with Gasteiger partial charge in [-0.15, -0.1) is 0 Å². The van der Waals surface area contributed by atoms with Crippen molar-refractivity contribution in [2.75, 3.05) is 0 Å². The Balaban J connectivity index is 2.14. The molecule has 3 nitrogen and oxygen atoms in total. The molecule has 19 heavy (non-hydrogen) atoms. The third kappa shape index (κ3) is 3.16. The van der Waals surface area contributed by atoms with Crippen LogP contribution in [0.25, 0.3) is 0 Å². The van der Waals surface area contributed by atoms with Crippen LogP contribution in [0.15, 0.2) is 38.2 Å². The molecule has 0 aliphatic heterocycles. The lowest BCUT2D eigenvalue weighted by Crippen LogP contribution is -1.94. The lowest BCUT2D eigenvalue weighted by Gasteiger charge is -2.04. The highest BCUT2D eigenvalue weighted by molar-refractivity contribution is 9.10. The minimum absolute atomic E-state index is 0.00365. The predicted octanol–water partition coefficient (Wildman–Crippen LogP) is 4.31. The van der Waals surface area contributed by atoms with Gasteiger partial charge in [-0.05, 0) is 40.2 Å². The van der Waals surface area contributed by atoms with Crippen LogP contribution in [0.2, 0.25) is 0 Å². The van der Waals surface area contributed by atoms with Crippen molar-refractivity contribution in [2.45, 2.75) is 10.8 Å². The second-order valence-corrected chi connectivity index (χ2v) is 5.37. The van der Waals surface area contributed by atoms with Crippen molar-refractivity contribution in [1.29, 1.82) is 0 Å². The number of hydrogen-bond donors (Lipinski definition) is 1. The van der Waals surface area contributed by atoms with E-state index in [0.29, 0.717) is 0 Å².